The lowest BCUT2D eigenvalue weighted by Crippen LogP contribution is -2.59. The van der Waals surface area contributed by atoms with E-state index in [0.29, 0.717) is 44.5 Å². The minimum Gasteiger partial charge on any atom is -0.480 e. The van der Waals surface area contributed by atoms with Gasteiger partial charge in [-0.2, -0.15) is 0 Å². The van der Waals surface area contributed by atoms with Crippen molar-refractivity contribution in [3.05, 3.63) is 18.2 Å². The Morgan fingerprint density at radius 2 is 1.65 bits per heavy atom. The van der Waals surface area contributed by atoms with E-state index < -0.39 is 96.5 Å². The number of carboxylic acid groups (broad SMARTS) is 1. The summed E-state index contributed by atoms with van der Waals surface area (Å²) in [4.78, 5) is 111. The maximum atomic E-state index is 13.8. The zero-order chi connectivity index (χ0) is 39.8. The number of aromatic amines is 1. The van der Waals surface area contributed by atoms with Gasteiger partial charge in [0, 0.05) is 24.9 Å². The fraction of sp³-hybridized carbons (Fsp3) is 0.676. The zero-order valence-corrected chi connectivity index (χ0v) is 30.9. The van der Waals surface area contributed by atoms with Crippen LogP contribution >= 0.6 is 0 Å². The topological polar surface area (TPSA) is 313 Å². The number of nitrogens with zero attached hydrogens (tertiary/aromatic N) is 2. The number of primary amides is 1. The van der Waals surface area contributed by atoms with Crippen LogP contribution in [-0.2, 0) is 44.8 Å². The maximum absolute atomic E-state index is 13.8. The Hall–Kier alpha value is -5.11. The van der Waals surface area contributed by atoms with Gasteiger partial charge in [0.05, 0.1) is 25.3 Å². The Labute approximate surface area is 313 Å². The standard InChI is InChI=1S/C34H55N11O9/c1-19(2)13-25(34(53)54)44-30(49)22(7-3-4-10-35)41-28(47)17-39-32(51)26-9-6-12-45(26)33(52)24(15-27(36)46)43-31(50)23(14-20-16-37-18-40-20)42-29(48)21-8-5-11-38-21/h16,18-19,21-26,38H,3-15,17,35H2,1-2H3,(H2,36,46)(H,37,40)(H,39,51)(H,41,47)(H,42,48)(H,43,50)(H,44,49)(H,53,54)/t21-,22-,23-,24-,25-,26-/m0/s1. The molecule has 54 heavy (non-hydrogen) atoms. The van der Waals surface area contributed by atoms with E-state index in [1.165, 1.54) is 17.4 Å². The Kier molecular flexibility index (Phi) is 17.3. The van der Waals surface area contributed by atoms with Crippen LogP contribution in [0.5, 0.6) is 0 Å². The van der Waals surface area contributed by atoms with Crippen molar-refractivity contribution in [3.63, 3.8) is 0 Å². The number of carbonyl (C=O) groups excluding carboxylic acids is 7. The Morgan fingerprint density at radius 1 is 0.926 bits per heavy atom. The van der Waals surface area contributed by atoms with Crippen LogP contribution in [0.1, 0.15) is 77.3 Å². The van der Waals surface area contributed by atoms with Crippen LogP contribution < -0.4 is 43.4 Å². The van der Waals surface area contributed by atoms with Gasteiger partial charge in [0.2, 0.25) is 41.4 Å². The first kappa shape index (κ1) is 43.3. The molecule has 2 fully saturated rings. The van der Waals surface area contributed by atoms with Crippen molar-refractivity contribution >= 4 is 47.3 Å². The average molecular weight is 762 g/mol. The summed E-state index contributed by atoms with van der Waals surface area (Å²) in [5.41, 5.74) is 11.6. The van der Waals surface area contributed by atoms with Crippen molar-refractivity contribution in [1.29, 1.82) is 0 Å². The number of imidazole rings is 1. The van der Waals surface area contributed by atoms with Gasteiger partial charge in [0.25, 0.3) is 0 Å². The summed E-state index contributed by atoms with van der Waals surface area (Å²) in [5, 5.41) is 25.4. The third kappa shape index (κ3) is 13.7. The van der Waals surface area contributed by atoms with E-state index in [2.05, 4.69) is 41.9 Å². The summed E-state index contributed by atoms with van der Waals surface area (Å²) in [6.45, 7) is 4.19. The second-order valence-electron chi connectivity index (χ2n) is 14.1. The monoisotopic (exact) mass is 761 g/mol. The number of aromatic nitrogens is 2. The molecule has 0 spiro atoms. The van der Waals surface area contributed by atoms with Gasteiger partial charge in [0.1, 0.15) is 30.2 Å². The highest BCUT2D eigenvalue weighted by Crippen LogP contribution is 2.20. The Morgan fingerprint density at radius 3 is 2.26 bits per heavy atom. The van der Waals surface area contributed by atoms with Crippen LogP contribution in [-0.4, -0.2) is 130 Å². The number of unbranched alkanes of at least 4 members (excludes halogenated alkanes) is 1. The Bertz CT molecular complexity index is 1470. The molecule has 2 aliphatic rings. The number of hydrogen-bond acceptors (Lipinski definition) is 11. The molecule has 0 unspecified atom stereocenters. The summed E-state index contributed by atoms with van der Waals surface area (Å²) in [6.07, 6.45) is 5.72. The number of likely N-dealkylation sites (tertiary alicyclic amines) is 1. The first-order valence-corrected chi connectivity index (χ1v) is 18.4. The molecule has 2 aliphatic heterocycles. The molecule has 20 heteroatoms. The molecular weight excluding hydrogens is 706 g/mol. The minimum atomic E-state index is -1.46. The van der Waals surface area contributed by atoms with Gasteiger partial charge in [-0.25, -0.2) is 9.78 Å². The third-order valence-corrected chi connectivity index (χ3v) is 9.19. The highest BCUT2D eigenvalue weighted by molar-refractivity contribution is 5.98. The number of rotatable bonds is 22. The number of amides is 7. The average Bonchev–Trinajstić information content (AvgIpc) is 3.92. The van der Waals surface area contributed by atoms with E-state index in [4.69, 9.17) is 11.5 Å². The smallest absolute Gasteiger partial charge is 0.326 e. The lowest BCUT2D eigenvalue weighted by molar-refractivity contribution is -0.143. The molecule has 12 N–H and O–H groups in total. The molecule has 0 radical (unpaired) electrons. The molecule has 0 bridgehead atoms. The number of hydrogen-bond donors (Lipinski definition) is 10. The van der Waals surface area contributed by atoms with E-state index in [1.54, 1.807) is 0 Å². The van der Waals surface area contributed by atoms with Gasteiger partial charge in [0.15, 0.2) is 0 Å². The predicted octanol–water partition coefficient (Wildman–Crippen LogP) is -3.11. The van der Waals surface area contributed by atoms with Crippen LogP contribution in [0.3, 0.4) is 0 Å². The highest BCUT2D eigenvalue weighted by Gasteiger charge is 2.39. The van der Waals surface area contributed by atoms with Crippen molar-refractivity contribution in [2.75, 3.05) is 26.2 Å². The Balaban J connectivity index is 1.66. The van der Waals surface area contributed by atoms with Gasteiger partial charge < -0.3 is 58.4 Å². The molecule has 6 atom stereocenters. The largest absolute Gasteiger partial charge is 0.480 e. The van der Waals surface area contributed by atoms with Crippen molar-refractivity contribution in [2.45, 2.75) is 114 Å². The van der Waals surface area contributed by atoms with Crippen LogP contribution in [0.25, 0.3) is 0 Å². The SMILES string of the molecule is CC(C)C[C@H](NC(=O)[C@H](CCCCN)NC(=O)CNC(=O)[C@@H]1CCCN1C(=O)[C@H](CC(N)=O)NC(=O)[C@H](Cc1cnc[nH]1)NC(=O)[C@@H]1CCCN1)C(=O)O. The number of aliphatic carboxylic acids is 1. The van der Waals surface area contributed by atoms with Gasteiger partial charge in [-0.15, -0.1) is 0 Å². The predicted molar refractivity (Wildman–Crippen MR) is 193 cm³/mol. The highest BCUT2D eigenvalue weighted by atomic mass is 16.4. The third-order valence-electron chi connectivity index (χ3n) is 9.19. The molecule has 20 nitrogen and oxygen atoms in total. The molecule has 0 aliphatic carbocycles. The lowest BCUT2D eigenvalue weighted by Gasteiger charge is -2.29. The van der Waals surface area contributed by atoms with Gasteiger partial charge >= 0.3 is 5.97 Å². The molecule has 7 amide bonds. The fourth-order valence-electron chi connectivity index (χ4n) is 6.44. The van der Waals surface area contributed by atoms with Gasteiger partial charge in [-0.05, 0) is 70.4 Å². The van der Waals surface area contributed by atoms with E-state index in [1.807, 2.05) is 13.8 Å². The first-order valence-electron chi connectivity index (χ1n) is 18.4. The molecular formula is C34H55N11O9. The number of nitrogens with two attached hydrogens (primary N) is 2. The van der Waals surface area contributed by atoms with Crippen LogP contribution in [0.2, 0.25) is 0 Å². The minimum absolute atomic E-state index is 0.00616. The second kappa shape index (κ2) is 21.6. The first-order chi connectivity index (χ1) is 25.7. The lowest BCUT2D eigenvalue weighted by atomic mass is 10.0. The van der Waals surface area contributed by atoms with Crippen molar-refractivity contribution < 1.29 is 43.5 Å². The van der Waals surface area contributed by atoms with E-state index >= 15 is 0 Å². The van der Waals surface area contributed by atoms with Crippen molar-refractivity contribution in [2.24, 2.45) is 17.4 Å². The summed E-state index contributed by atoms with van der Waals surface area (Å²) in [6, 6.07) is -6.40. The van der Waals surface area contributed by atoms with Gasteiger partial charge in [-0.1, -0.05) is 13.8 Å². The number of carbonyl (C=O) groups is 8. The summed E-state index contributed by atoms with van der Waals surface area (Å²) < 4.78 is 0. The number of nitrogens with one attached hydrogen (secondary N) is 7. The summed E-state index contributed by atoms with van der Waals surface area (Å²) in [5.74, 6) is -6.11. The molecule has 3 rings (SSSR count). The number of carboxylic acids is 1. The molecule has 1 aromatic heterocycles. The van der Waals surface area contributed by atoms with Crippen molar-refractivity contribution in [3.8, 4) is 0 Å². The normalized spacial score (nSPS) is 18.9. The fourth-order valence-corrected chi connectivity index (χ4v) is 6.44. The van der Waals surface area contributed by atoms with E-state index in [0.717, 1.165) is 6.42 Å². The van der Waals surface area contributed by atoms with Crippen molar-refractivity contribution in [1.82, 2.24) is 46.8 Å². The van der Waals surface area contributed by atoms with E-state index in [-0.39, 0.29) is 38.1 Å². The molecule has 2 saturated heterocycles. The van der Waals surface area contributed by atoms with Gasteiger partial charge in [-0.3, -0.25) is 33.6 Å². The van der Waals surface area contributed by atoms with Crippen LogP contribution in [0.15, 0.2) is 12.5 Å². The maximum Gasteiger partial charge on any atom is 0.326 e. The molecule has 0 saturated carbocycles. The van der Waals surface area contributed by atoms with E-state index in [9.17, 15) is 43.5 Å². The molecule has 1 aromatic rings. The van der Waals surface area contributed by atoms with Crippen LogP contribution in [0.4, 0.5) is 0 Å². The summed E-state index contributed by atoms with van der Waals surface area (Å²) >= 11 is 0. The quantitative estimate of drug-likeness (QED) is 0.0525. The second-order valence-corrected chi connectivity index (χ2v) is 14.1. The molecule has 3 heterocycles. The number of H-pyrrole nitrogens is 1. The van der Waals surface area contributed by atoms with Crippen LogP contribution in [0, 0.1) is 5.92 Å². The summed E-state index contributed by atoms with van der Waals surface area (Å²) in [7, 11) is 0. The molecule has 0 aromatic carbocycles. The molecule has 300 valence electrons. The zero-order valence-electron chi connectivity index (χ0n) is 30.9.